The Balaban J connectivity index is 2.51. The summed E-state index contributed by atoms with van der Waals surface area (Å²) in [6, 6.07) is 8.64. The molecular weight excluding hydrogens is 246 g/mol. The molecule has 0 aliphatic carbocycles. The SMILES string of the molecule is CCCc1c(NCC)ncnc1-c1cccc(CC)c1. The van der Waals surface area contributed by atoms with Crippen LogP contribution in [0.25, 0.3) is 11.3 Å². The van der Waals surface area contributed by atoms with E-state index in [4.69, 9.17) is 0 Å². The van der Waals surface area contributed by atoms with Crippen LogP contribution in [0.4, 0.5) is 5.82 Å². The summed E-state index contributed by atoms with van der Waals surface area (Å²) >= 11 is 0. The molecule has 0 unspecified atom stereocenters. The topological polar surface area (TPSA) is 37.8 Å². The Kier molecular flexibility index (Phi) is 5.10. The van der Waals surface area contributed by atoms with Crippen molar-refractivity contribution in [1.82, 2.24) is 9.97 Å². The molecule has 3 nitrogen and oxygen atoms in total. The molecule has 1 aromatic carbocycles. The van der Waals surface area contributed by atoms with Crippen molar-refractivity contribution in [2.24, 2.45) is 0 Å². The monoisotopic (exact) mass is 269 g/mol. The van der Waals surface area contributed by atoms with E-state index in [1.165, 1.54) is 16.7 Å². The summed E-state index contributed by atoms with van der Waals surface area (Å²) in [4.78, 5) is 8.93. The van der Waals surface area contributed by atoms with E-state index < -0.39 is 0 Å². The van der Waals surface area contributed by atoms with E-state index in [1.807, 2.05) is 0 Å². The van der Waals surface area contributed by atoms with E-state index in [1.54, 1.807) is 6.33 Å². The average molecular weight is 269 g/mol. The summed E-state index contributed by atoms with van der Waals surface area (Å²) in [6.07, 6.45) is 4.79. The van der Waals surface area contributed by atoms with Crippen molar-refractivity contribution in [1.29, 1.82) is 0 Å². The molecule has 2 rings (SSSR count). The number of hydrogen-bond donors (Lipinski definition) is 1. The van der Waals surface area contributed by atoms with Crippen molar-refractivity contribution in [3.8, 4) is 11.3 Å². The molecule has 0 radical (unpaired) electrons. The van der Waals surface area contributed by atoms with Crippen molar-refractivity contribution >= 4 is 5.82 Å². The molecule has 106 valence electrons. The van der Waals surface area contributed by atoms with Gasteiger partial charge in [0.2, 0.25) is 0 Å². The lowest BCUT2D eigenvalue weighted by atomic mass is 10.0. The fourth-order valence-corrected chi connectivity index (χ4v) is 2.41. The zero-order valence-electron chi connectivity index (χ0n) is 12.6. The Morgan fingerprint density at radius 3 is 2.65 bits per heavy atom. The number of nitrogens with zero attached hydrogens (tertiary/aromatic N) is 2. The van der Waals surface area contributed by atoms with Gasteiger partial charge in [-0.1, -0.05) is 38.5 Å². The smallest absolute Gasteiger partial charge is 0.133 e. The highest BCUT2D eigenvalue weighted by Crippen LogP contribution is 2.27. The number of rotatable bonds is 6. The minimum Gasteiger partial charge on any atom is -0.370 e. The molecule has 1 heterocycles. The van der Waals surface area contributed by atoms with Crippen molar-refractivity contribution in [3.63, 3.8) is 0 Å². The Labute approximate surface area is 121 Å². The van der Waals surface area contributed by atoms with Crippen LogP contribution >= 0.6 is 0 Å². The van der Waals surface area contributed by atoms with Gasteiger partial charge in [-0.15, -0.1) is 0 Å². The molecule has 2 aromatic rings. The molecule has 0 amide bonds. The van der Waals surface area contributed by atoms with Crippen LogP contribution in [0.15, 0.2) is 30.6 Å². The van der Waals surface area contributed by atoms with Crippen LogP contribution in [0, 0.1) is 0 Å². The van der Waals surface area contributed by atoms with Crippen molar-refractivity contribution in [2.75, 3.05) is 11.9 Å². The third-order valence-electron chi connectivity index (χ3n) is 3.40. The fraction of sp³-hybridized carbons (Fsp3) is 0.412. The van der Waals surface area contributed by atoms with Crippen LogP contribution in [0.3, 0.4) is 0 Å². The molecule has 20 heavy (non-hydrogen) atoms. The van der Waals surface area contributed by atoms with Gasteiger partial charge >= 0.3 is 0 Å². The summed E-state index contributed by atoms with van der Waals surface area (Å²) in [7, 11) is 0. The van der Waals surface area contributed by atoms with Crippen LogP contribution in [0.1, 0.15) is 38.3 Å². The molecule has 1 N–H and O–H groups in total. The lowest BCUT2D eigenvalue weighted by molar-refractivity contribution is 0.902. The standard InChI is InChI=1S/C17H23N3/c1-4-8-15-16(19-12-20-17(15)18-6-3)14-10-7-9-13(5-2)11-14/h7,9-12H,4-6,8H2,1-3H3,(H,18,19,20). The molecule has 0 saturated carbocycles. The predicted molar refractivity (Wildman–Crippen MR) is 85.0 cm³/mol. The van der Waals surface area contributed by atoms with Gasteiger partial charge in [-0.25, -0.2) is 9.97 Å². The summed E-state index contributed by atoms with van der Waals surface area (Å²) in [5.41, 5.74) is 4.82. The molecule has 0 atom stereocenters. The van der Waals surface area contributed by atoms with E-state index in [9.17, 15) is 0 Å². The minimum atomic E-state index is 0.877. The van der Waals surface area contributed by atoms with Gasteiger partial charge in [-0.3, -0.25) is 0 Å². The summed E-state index contributed by atoms with van der Waals surface area (Å²) in [5, 5.41) is 3.35. The van der Waals surface area contributed by atoms with Gasteiger partial charge in [0.25, 0.3) is 0 Å². The van der Waals surface area contributed by atoms with E-state index in [0.717, 1.165) is 37.3 Å². The second kappa shape index (κ2) is 7.04. The Morgan fingerprint density at radius 1 is 1.10 bits per heavy atom. The Hall–Kier alpha value is -1.90. The molecule has 0 saturated heterocycles. The predicted octanol–water partition coefficient (Wildman–Crippen LogP) is 4.09. The van der Waals surface area contributed by atoms with Gasteiger partial charge in [0.1, 0.15) is 12.1 Å². The molecule has 0 fully saturated rings. The fourth-order valence-electron chi connectivity index (χ4n) is 2.41. The number of aryl methyl sites for hydroxylation is 1. The van der Waals surface area contributed by atoms with Gasteiger partial charge in [0, 0.05) is 17.7 Å². The molecule has 0 bridgehead atoms. The highest BCUT2D eigenvalue weighted by molar-refractivity contribution is 5.68. The lowest BCUT2D eigenvalue weighted by Gasteiger charge is -2.13. The van der Waals surface area contributed by atoms with Gasteiger partial charge in [0.15, 0.2) is 0 Å². The van der Waals surface area contributed by atoms with E-state index in [-0.39, 0.29) is 0 Å². The minimum absolute atomic E-state index is 0.877. The highest BCUT2D eigenvalue weighted by Gasteiger charge is 2.12. The largest absolute Gasteiger partial charge is 0.370 e. The zero-order chi connectivity index (χ0) is 14.4. The average Bonchev–Trinajstić information content (AvgIpc) is 2.49. The van der Waals surface area contributed by atoms with E-state index in [0.29, 0.717) is 0 Å². The van der Waals surface area contributed by atoms with E-state index in [2.05, 4.69) is 60.3 Å². The number of nitrogens with one attached hydrogen (secondary N) is 1. The molecule has 0 spiro atoms. The third-order valence-corrected chi connectivity index (χ3v) is 3.40. The van der Waals surface area contributed by atoms with Crippen LogP contribution in [-0.2, 0) is 12.8 Å². The molecular formula is C17H23N3. The van der Waals surface area contributed by atoms with Gasteiger partial charge in [-0.2, -0.15) is 0 Å². The van der Waals surface area contributed by atoms with Gasteiger partial charge in [-0.05, 0) is 31.4 Å². The summed E-state index contributed by atoms with van der Waals surface area (Å²) in [5.74, 6) is 0.973. The molecule has 0 aliphatic heterocycles. The summed E-state index contributed by atoms with van der Waals surface area (Å²) in [6.45, 7) is 7.34. The first-order chi connectivity index (χ1) is 9.80. The number of hydrogen-bond acceptors (Lipinski definition) is 3. The first-order valence-electron chi connectivity index (χ1n) is 7.47. The molecule has 1 aromatic heterocycles. The zero-order valence-corrected chi connectivity index (χ0v) is 12.6. The van der Waals surface area contributed by atoms with E-state index >= 15 is 0 Å². The van der Waals surface area contributed by atoms with Crippen LogP contribution in [-0.4, -0.2) is 16.5 Å². The second-order valence-corrected chi connectivity index (χ2v) is 4.88. The van der Waals surface area contributed by atoms with Crippen molar-refractivity contribution < 1.29 is 0 Å². The molecule has 0 aliphatic rings. The maximum Gasteiger partial charge on any atom is 0.133 e. The summed E-state index contributed by atoms with van der Waals surface area (Å²) < 4.78 is 0. The lowest BCUT2D eigenvalue weighted by Crippen LogP contribution is -2.06. The number of aromatic nitrogens is 2. The van der Waals surface area contributed by atoms with Crippen molar-refractivity contribution in [3.05, 3.63) is 41.7 Å². The first-order valence-corrected chi connectivity index (χ1v) is 7.47. The molecule has 3 heteroatoms. The third kappa shape index (κ3) is 3.16. The van der Waals surface area contributed by atoms with Gasteiger partial charge < -0.3 is 5.32 Å². The van der Waals surface area contributed by atoms with Crippen LogP contribution < -0.4 is 5.32 Å². The maximum atomic E-state index is 4.53. The Morgan fingerprint density at radius 2 is 1.95 bits per heavy atom. The number of benzene rings is 1. The van der Waals surface area contributed by atoms with Crippen LogP contribution in [0.2, 0.25) is 0 Å². The maximum absolute atomic E-state index is 4.53. The normalized spacial score (nSPS) is 10.6. The Bertz CT molecular complexity index is 564. The quantitative estimate of drug-likeness (QED) is 0.858. The highest BCUT2D eigenvalue weighted by atomic mass is 15.0. The first kappa shape index (κ1) is 14.5. The van der Waals surface area contributed by atoms with Crippen LogP contribution in [0.5, 0.6) is 0 Å². The van der Waals surface area contributed by atoms with Crippen molar-refractivity contribution in [2.45, 2.75) is 40.0 Å². The second-order valence-electron chi connectivity index (χ2n) is 4.88. The number of anilines is 1. The van der Waals surface area contributed by atoms with Gasteiger partial charge in [0.05, 0.1) is 5.69 Å².